The predicted octanol–water partition coefficient (Wildman–Crippen LogP) is 9.81. The summed E-state index contributed by atoms with van der Waals surface area (Å²) in [6, 6.07) is 59.4. The Morgan fingerprint density at radius 1 is 0.389 bits per heavy atom. The maximum Gasteiger partial charge on any atom is 0.142 e. The lowest BCUT2D eigenvalue weighted by atomic mass is 9.84. The number of rotatable bonds is 4. The minimum Gasteiger partial charge on any atom is -0.508 e. The summed E-state index contributed by atoms with van der Waals surface area (Å²) in [4.78, 5) is 0. The van der Waals surface area contributed by atoms with Crippen molar-refractivity contribution in [2.45, 2.75) is 0 Å². The number of nitrogens with zero attached hydrogens (tertiary/aromatic N) is 2. The van der Waals surface area contributed by atoms with E-state index in [9.17, 15) is 5.11 Å². The molecule has 1 N–H and O–H groups in total. The molecule has 3 heterocycles. The fourth-order valence-electron chi connectivity index (χ4n) is 8.84. The largest absolute Gasteiger partial charge is 0.508 e. The number of fused-ring (bicyclic) bond motifs is 9. The van der Waals surface area contributed by atoms with Crippen LogP contribution in [0.25, 0.3) is 97.4 Å². The molecule has 0 saturated heterocycles. The first-order chi connectivity index (χ1) is 26.5. The van der Waals surface area contributed by atoms with Crippen LogP contribution in [0.2, 0.25) is 0 Å². The molecule has 0 radical (unpaired) electrons. The number of thiophene rings is 1. The number of hydrogen-bond acceptors (Lipinski definition) is 2. The van der Waals surface area contributed by atoms with E-state index in [1.807, 2.05) is 23.5 Å². The van der Waals surface area contributed by atoms with Gasteiger partial charge in [0.2, 0.25) is 0 Å². The van der Waals surface area contributed by atoms with Gasteiger partial charge in [0, 0.05) is 53.1 Å². The second-order valence-corrected chi connectivity index (χ2v) is 15.5. The summed E-state index contributed by atoms with van der Waals surface area (Å²) >= 11 is 1.86. The maximum absolute atomic E-state index is 10.3. The van der Waals surface area contributed by atoms with E-state index in [0.29, 0.717) is 5.75 Å². The Bertz CT molecular complexity index is 3310. The Hall–Kier alpha value is -6.49. The molecule has 0 amide bonds. The lowest BCUT2D eigenvalue weighted by molar-refractivity contribution is 0.476. The normalized spacial score (nSPS) is 11.9. The minimum absolute atomic E-state index is 0.297. The fraction of sp³-hybridized carbons (Fsp3) is 0. The first-order valence-electron chi connectivity index (χ1n) is 18.4. The first kappa shape index (κ1) is 31.1. The summed E-state index contributed by atoms with van der Waals surface area (Å²) in [5.41, 5.74) is 13.9. The fourth-order valence-corrected chi connectivity index (χ4v) is 9.99. The van der Waals surface area contributed by atoms with Gasteiger partial charge < -0.3 is 14.2 Å². The third-order valence-electron chi connectivity index (χ3n) is 11.2. The van der Waals surface area contributed by atoms with Crippen molar-refractivity contribution in [3.63, 3.8) is 0 Å². The average molecular weight is 706 g/mol. The molecule has 3 nitrogen and oxygen atoms in total. The van der Waals surface area contributed by atoms with Gasteiger partial charge >= 0.3 is 0 Å². The summed E-state index contributed by atoms with van der Waals surface area (Å²) in [5.74, 6) is 0.297. The molecule has 54 heavy (non-hydrogen) atoms. The van der Waals surface area contributed by atoms with Crippen LogP contribution in [0.15, 0.2) is 164 Å². The SMILES string of the molecule is Bc1cc(O)cc(B)c1-n1c2ccccc2c2cc(-c3ccc4c(c3)c3ccccc3n4-c3cccc(-c4ccc5c(c4)sc4ccccc45)c3)ccc21. The molecule has 0 aliphatic heterocycles. The third kappa shape index (κ3) is 4.63. The van der Waals surface area contributed by atoms with Gasteiger partial charge in [-0.05, 0) is 95.1 Å². The first-order valence-corrected chi connectivity index (χ1v) is 19.2. The summed E-state index contributed by atoms with van der Waals surface area (Å²) in [6.07, 6.45) is 0. The molecule has 0 bridgehead atoms. The van der Waals surface area contributed by atoms with Gasteiger partial charge in [0.05, 0.1) is 22.1 Å². The number of aromatic hydroxyl groups is 1. The van der Waals surface area contributed by atoms with Crippen LogP contribution in [0.5, 0.6) is 5.75 Å². The molecule has 0 aliphatic carbocycles. The van der Waals surface area contributed by atoms with Crippen LogP contribution in [-0.4, -0.2) is 29.9 Å². The van der Waals surface area contributed by atoms with Crippen LogP contribution in [-0.2, 0) is 0 Å². The molecule has 11 rings (SSSR count). The van der Waals surface area contributed by atoms with Crippen molar-refractivity contribution in [2.24, 2.45) is 0 Å². The van der Waals surface area contributed by atoms with Gasteiger partial charge in [-0.2, -0.15) is 0 Å². The van der Waals surface area contributed by atoms with E-state index in [4.69, 9.17) is 0 Å². The zero-order chi connectivity index (χ0) is 36.1. The van der Waals surface area contributed by atoms with E-state index in [1.165, 1.54) is 75.0 Å². The molecule has 0 saturated carbocycles. The van der Waals surface area contributed by atoms with E-state index < -0.39 is 0 Å². The Balaban J connectivity index is 1.05. The van der Waals surface area contributed by atoms with Crippen molar-refractivity contribution in [2.75, 3.05) is 0 Å². The van der Waals surface area contributed by atoms with Crippen molar-refractivity contribution in [1.29, 1.82) is 0 Å². The van der Waals surface area contributed by atoms with E-state index in [-0.39, 0.29) is 0 Å². The van der Waals surface area contributed by atoms with Crippen molar-refractivity contribution in [1.82, 2.24) is 9.13 Å². The monoisotopic (exact) mass is 706 g/mol. The zero-order valence-electron chi connectivity index (χ0n) is 29.8. The van der Waals surface area contributed by atoms with E-state index in [1.54, 1.807) is 0 Å². The standard InChI is InChI=1S/C48H32B2N2OS/c49-40-26-33(53)27-41(50)48(40)52-43-14-5-2-11-35(43)39-24-30(18-21-45(39)52)29-17-20-44-38(23-29)34-10-1-4-13-42(34)51(44)32-9-7-8-28(22-32)31-16-19-37-36-12-3-6-15-46(36)54-47(37)25-31/h1-27,53H,49-50H2. The summed E-state index contributed by atoms with van der Waals surface area (Å²) in [7, 11) is 4.15. The van der Waals surface area contributed by atoms with Gasteiger partial charge in [-0.25, -0.2) is 0 Å². The van der Waals surface area contributed by atoms with Crippen LogP contribution in [0.4, 0.5) is 0 Å². The summed E-state index contributed by atoms with van der Waals surface area (Å²) in [6.45, 7) is 0. The molecule has 252 valence electrons. The molecule has 6 heteroatoms. The highest BCUT2D eigenvalue weighted by atomic mass is 32.1. The molecule has 0 spiro atoms. The van der Waals surface area contributed by atoms with Gasteiger partial charge in [0.15, 0.2) is 0 Å². The highest BCUT2D eigenvalue weighted by Crippen LogP contribution is 2.40. The molecule has 3 aromatic heterocycles. The lowest BCUT2D eigenvalue weighted by Crippen LogP contribution is -2.24. The molecule has 0 unspecified atom stereocenters. The molecule has 0 aliphatic rings. The Morgan fingerprint density at radius 2 is 0.907 bits per heavy atom. The second-order valence-electron chi connectivity index (χ2n) is 14.5. The third-order valence-corrected chi connectivity index (χ3v) is 12.3. The number of hydrogen-bond donors (Lipinski definition) is 1. The smallest absolute Gasteiger partial charge is 0.142 e. The van der Waals surface area contributed by atoms with Gasteiger partial charge in [0.1, 0.15) is 21.4 Å². The number of phenols is 1. The highest BCUT2D eigenvalue weighted by molar-refractivity contribution is 7.25. The van der Waals surface area contributed by atoms with Crippen LogP contribution >= 0.6 is 11.3 Å². The molecule has 8 aromatic carbocycles. The van der Waals surface area contributed by atoms with Crippen molar-refractivity contribution >= 4 is 102 Å². The Labute approximate surface area is 317 Å². The topological polar surface area (TPSA) is 30.1 Å². The maximum atomic E-state index is 10.3. The van der Waals surface area contributed by atoms with E-state index >= 15 is 0 Å². The highest BCUT2D eigenvalue weighted by Gasteiger charge is 2.18. The van der Waals surface area contributed by atoms with Gasteiger partial charge in [-0.15, -0.1) is 11.3 Å². The number of benzene rings is 8. The molecule has 0 atom stereocenters. The van der Waals surface area contributed by atoms with Gasteiger partial charge in [0.25, 0.3) is 0 Å². The van der Waals surface area contributed by atoms with Gasteiger partial charge in [-0.3, -0.25) is 0 Å². The van der Waals surface area contributed by atoms with Crippen molar-refractivity contribution < 1.29 is 5.11 Å². The molecule has 0 fully saturated rings. The number of phenolic OH excluding ortho intramolecular Hbond substituents is 1. The van der Waals surface area contributed by atoms with Crippen LogP contribution in [0.3, 0.4) is 0 Å². The van der Waals surface area contributed by atoms with Crippen LogP contribution in [0.1, 0.15) is 0 Å². The summed E-state index contributed by atoms with van der Waals surface area (Å²) in [5, 5.41) is 17.9. The predicted molar refractivity (Wildman–Crippen MR) is 237 cm³/mol. The average Bonchev–Trinajstić information content (AvgIpc) is 3.85. The molecular formula is C48H32B2N2OS. The van der Waals surface area contributed by atoms with Crippen LogP contribution in [0, 0.1) is 0 Å². The Kier molecular flexibility index (Phi) is 6.77. The van der Waals surface area contributed by atoms with E-state index in [0.717, 1.165) is 33.3 Å². The molecule has 11 aromatic rings. The lowest BCUT2D eigenvalue weighted by Gasteiger charge is -2.15. The second kappa shape index (κ2) is 11.8. The number of para-hydroxylation sites is 2. The van der Waals surface area contributed by atoms with Crippen molar-refractivity contribution in [3.8, 4) is 39.4 Å². The van der Waals surface area contributed by atoms with Gasteiger partial charge in [-0.1, -0.05) is 102 Å². The van der Waals surface area contributed by atoms with E-state index in [2.05, 4.69) is 176 Å². The Morgan fingerprint density at radius 3 is 1.61 bits per heavy atom. The minimum atomic E-state index is 0.297. The zero-order valence-corrected chi connectivity index (χ0v) is 30.7. The number of aromatic nitrogens is 2. The van der Waals surface area contributed by atoms with Crippen LogP contribution < -0.4 is 10.9 Å². The summed E-state index contributed by atoms with van der Waals surface area (Å²) < 4.78 is 7.41. The quantitative estimate of drug-likeness (QED) is 0.182. The van der Waals surface area contributed by atoms with Crippen molar-refractivity contribution in [3.05, 3.63) is 164 Å². The molecular weight excluding hydrogens is 674 g/mol.